The number of anilines is 1. The Kier molecular flexibility index (Phi) is 3.91. The number of nitrogens with two attached hydrogens (primary N) is 1. The molecule has 0 saturated heterocycles. The zero-order valence-electron chi connectivity index (χ0n) is 10.7. The van der Waals surface area contributed by atoms with Gasteiger partial charge in [-0.15, -0.1) is 0 Å². The third-order valence-electron chi connectivity index (χ3n) is 2.29. The molecule has 1 heterocycles. The van der Waals surface area contributed by atoms with Gasteiger partial charge in [0.1, 0.15) is 5.75 Å². The molecule has 0 spiro atoms. The van der Waals surface area contributed by atoms with Crippen LogP contribution in [0.3, 0.4) is 0 Å². The van der Waals surface area contributed by atoms with Crippen LogP contribution in [-0.2, 0) is 0 Å². The summed E-state index contributed by atoms with van der Waals surface area (Å²) in [5, 5.41) is 3.06. The maximum atomic E-state index is 5.59. The third kappa shape index (κ3) is 3.89. The number of hydrogen-bond donors (Lipinski definition) is 2. The molecule has 0 aliphatic heterocycles. The van der Waals surface area contributed by atoms with Crippen molar-refractivity contribution in [3.8, 4) is 11.8 Å². The van der Waals surface area contributed by atoms with Crippen LogP contribution < -0.4 is 15.8 Å². The van der Waals surface area contributed by atoms with Crippen molar-refractivity contribution < 1.29 is 4.74 Å². The van der Waals surface area contributed by atoms with E-state index in [-0.39, 0.29) is 5.11 Å². The predicted molar refractivity (Wildman–Crippen MR) is 78.4 cm³/mol. The summed E-state index contributed by atoms with van der Waals surface area (Å²) >= 11 is 4.76. The quantitative estimate of drug-likeness (QED) is 0.838. The van der Waals surface area contributed by atoms with Crippen molar-refractivity contribution in [3.63, 3.8) is 0 Å². The number of thiocarbonyl (C=S) groups is 1. The van der Waals surface area contributed by atoms with Crippen LogP contribution in [0.2, 0.25) is 0 Å². The molecule has 3 N–H and O–H groups in total. The fraction of sp³-hybridized carbons (Fsp3) is 0.154. The van der Waals surface area contributed by atoms with E-state index >= 15 is 0 Å². The highest BCUT2D eigenvalue weighted by Crippen LogP contribution is 2.20. The second-order valence-electron chi connectivity index (χ2n) is 4.05. The Bertz CT molecular complexity index is 578. The van der Waals surface area contributed by atoms with Crippen LogP contribution in [-0.4, -0.2) is 15.1 Å². The minimum atomic E-state index is 0.228. The molecule has 5 nitrogen and oxygen atoms in total. The molecule has 0 saturated carbocycles. The average Bonchev–Trinajstić information content (AvgIpc) is 2.29. The summed E-state index contributed by atoms with van der Waals surface area (Å²) in [6.07, 6.45) is 0. The summed E-state index contributed by atoms with van der Waals surface area (Å²) in [6, 6.07) is 9.45. The van der Waals surface area contributed by atoms with Crippen molar-refractivity contribution in [2.75, 3.05) is 5.32 Å². The number of nitrogens with one attached hydrogen (secondary N) is 1. The SMILES string of the molecule is Cc1cc(C)nc(Oc2ccc(NC(N)=S)cc2)n1. The monoisotopic (exact) mass is 274 g/mol. The highest BCUT2D eigenvalue weighted by Gasteiger charge is 2.03. The minimum Gasteiger partial charge on any atom is -0.424 e. The number of hydrogen-bond acceptors (Lipinski definition) is 4. The molecule has 0 amide bonds. The molecule has 19 heavy (non-hydrogen) atoms. The van der Waals surface area contributed by atoms with E-state index in [4.69, 9.17) is 22.7 Å². The van der Waals surface area contributed by atoms with E-state index in [2.05, 4.69) is 15.3 Å². The molecule has 0 unspecified atom stereocenters. The lowest BCUT2D eigenvalue weighted by molar-refractivity contribution is 0.439. The van der Waals surface area contributed by atoms with Crippen LogP contribution in [0.15, 0.2) is 30.3 Å². The van der Waals surface area contributed by atoms with Gasteiger partial charge in [0.15, 0.2) is 5.11 Å². The second-order valence-corrected chi connectivity index (χ2v) is 4.49. The molecule has 0 aliphatic rings. The average molecular weight is 274 g/mol. The van der Waals surface area contributed by atoms with Crippen LogP contribution >= 0.6 is 12.2 Å². The van der Waals surface area contributed by atoms with Gasteiger partial charge in [0.05, 0.1) is 0 Å². The smallest absolute Gasteiger partial charge is 0.322 e. The molecular weight excluding hydrogens is 260 g/mol. The summed E-state index contributed by atoms with van der Waals surface area (Å²) in [4.78, 5) is 8.42. The summed E-state index contributed by atoms with van der Waals surface area (Å²) in [5.74, 6) is 0.651. The Balaban J connectivity index is 2.12. The van der Waals surface area contributed by atoms with Crippen LogP contribution in [0.4, 0.5) is 5.69 Å². The molecule has 0 atom stereocenters. The van der Waals surface area contributed by atoms with Crippen LogP contribution in [0, 0.1) is 13.8 Å². The molecule has 98 valence electrons. The molecule has 6 heteroatoms. The number of rotatable bonds is 3. The largest absolute Gasteiger partial charge is 0.424 e. The van der Waals surface area contributed by atoms with Gasteiger partial charge in [-0.3, -0.25) is 0 Å². The normalized spacial score (nSPS) is 10.0. The first kappa shape index (κ1) is 13.2. The van der Waals surface area contributed by atoms with E-state index in [0.717, 1.165) is 17.1 Å². The Morgan fingerprint density at radius 2 is 1.74 bits per heavy atom. The van der Waals surface area contributed by atoms with E-state index in [0.29, 0.717) is 11.8 Å². The van der Waals surface area contributed by atoms with E-state index in [1.807, 2.05) is 32.0 Å². The molecule has 0 aliphatic carbocycles. The van der Waals surface area contributed by atoms with Gasteiger partial charge in [0.2, 0.25) is 0 Å². The van der Waals surface area contributed by atoms with Crippen molar-refractivity contribution in [2.24, 2.45) is 5.73 Å². The molecule has 0 fully saturated rings. The number of aromatic nitrogens is 2. The molecular formula is C13H14N4OS. The van der Waals surface area contributed by atoms with Crippen molar-refractivity contribution in [3.05, 3.63) is 41.7 Å². The highest BCUT2D eigenvalue weighted by atomic mass is 32.1. The van der Waals surface area contributed by atoms with E-state index < -0.39 is 0 Å². The summed E-state index contributed by atoms with van der Waals surface area (Å²) < 4.78 is 5.59. The van der Waals surface area contributed by atoms with Gasteiger partial charge in [-0.2, -0.15) is 0 Å². The second kappa shape index (κ2) is 5.62. The van der Waals surface area contributed by atoms with Crippen LogP contribution in [0.25, 0.3) is 0 Å². The molecule has 1 aromatic heterocycles. The van der Waals surface area contributed by atoms with Crippen LogP contribution in [0.1, 0.15) is 11.4 Å². The summed E-state index contributed by atoms with van der Waals surface area (Å²) in [5.41, 5.74) is 7.93. The van der Waals surface area contributed by atoms with E-state index in [9.17, 15) is 0 Å². The summed E-state index contributed by atoms with van der Waals surface area (Å²) in [6.45, 7) is 3.80. The Hall–Kier alpha value is -2.21. The summed E-state index contributed by atoms with van der Waals surface area (Å²) in [7, 11) is 0. The molecule has 1 aromatic carbocycles. The van der Waals surface area contributed by atoms with Crippen LogP contribution in [0.5, 0.6) is 11.8 Å². The number of ether oxygens (including phenoxy) is 1. The highest BCUT2D eigenvalue weighted by molar-refractivity contribution is 7.80. The minimum absolute atomic E-state index is 0.228. The maximum absolute atomic E-state index is 5.59. The zero-order chi connectivity index (χ0) is 13.8. The van der Waals surface area contributed by atoms with Gasteiger partial charge in [-0.05, 0) is 56.4 Å². The number of nitrogens with zero attached hydrogens (tertiary/aromatic N) is 2. The van der Waals surface area contributed by atoms with Crippen molar-refractivity contribution in [1.29, 1.82) is 0 Å². The Morgan fingerprint density at radius 3 is 2.26 bits per heavy atom. The van der Waals surface area contributed by atoms with E-state index in [1.54, 1.807) is 12.1 Å². The first-order valence-corrected chi connectivity index (χ1v) is 6.10. The predicted octanol–water partition coefficient (Wildman–Crippen LogP) is 2.54. The number of benzene rings is 1. The lowest BCUT2D eigenvalue weighted by Crippen LogP contribution is -2.18. The zero-order valence-corrected chi connectivity index (χ0v) is 11.5. The van der Waals surface area contributed by atoms with Gasteiger partial charge in [-0.25, -0.2) is 9.97 Å². The first-order chi connectivity index (χ1) is 9.02. The lowest BCUT2D eigenvalue weighted by Gasteiger charge is -2.07. The molecule has 0 bridgehead atoms. The van der Waals surface area contributed by atoms with Gasteiger partial charge >= 0.3 is 6.01 Å². The number of aryl methyl sites for hydroxylation is 2. The topological polar surface area (TPSA) is 73.1 Å². The standard InChI is InChI=1S/C13H14N4OS/c1-8-7-9(2)16-13(15-8)18-11-5-3-10(4-6-11)17-12(14)19/h3-7H,1-2H3,(H3,14,17,19). The molecule has 2 aromatic rings. The fourth-order valence-electron chi connectivity index (χ4n) is 1.59. The van der Waals surface area contributed by atoms with Gasteiger partial charge in [-0.1, -0.05) is 0 Å². The molecule has 2 rings (SSSR count). The van der Waals surface area contributed by atoms with Gasteiger partial charge in [0.25, 0.3) is 0 Å². The maximum Gasteiger partial charge on any atom is 0.322 e. The first-order valence-electron chi connectivity index (χ1n) is 5.69. The Morgan fingerprint density at radius 1 is 1.16 bits per heavy atom. The van der Waals surface area contributed by atoms with Gasteiger partial charge in [0, 0.05) is 17.1 Å². The molecule has 0 radical (unpaired) electrons. The third-order valence-corrected chi connectivity index (χ3v) is 2.39. The Labute approximate surface area is 116 Å². The van der Waals surface area contributed by atoms with E-state index in [1.165, 1.54) is 0 Å². The van der Waals surface area contributed by atoms with Crippen molar-refractivity contribution in [1.82, 2.24) is 9.97 Å². The van der Waals surface area contributed by atoms with Gasteiger partial charge < -0.3 is 15.8 Å². The lowest BCUT2D eigenvalue weighted by atomic mass is 10.3. The van der Waals surface area contributed by atoms with Crippen molar-refractivity contribution >= 4 is 23.0 Å². The fourth-order valence-corrected chi connectivity index (χ4v) is 1.71. The van der Waals surface area contributed by atoms with Crippen molar-refractivity contribution in [2.45, 2.75) is 13.8 Å².